The van der Waals surface area contributed by atoms with Crippen molar-refractivity contribution in [3.63, 3.8) is 0 Å². The number of carbonyl (C=O) groups excluding carboxylic acids is 2. The van der Waals surface area contributed by atoms with E-state index in [1.807, 2.05) is 32.0 Å². The van der Waals surface area contributed by atoms with Crippen LogP contribution in [-0.2, 0) is 0 Å². The first-order valence-electron chi connectivity index (χ1n) is 8.58. The molecule has 0 saturated carbocycles. The number of amides is 2. The number of nitrogens with one attached hydrogen (secondary N) is 2. The molecule has 142 valence electrons. The van der Waals surface area contributed by atoms with Crippen LogP contribution in [0.1, 0.15) is 31.8 Å². The van der Waals surface area contributed by atoms with E-state index in [9.17, 15) is 9.59 Å². The van der Waals surface area contributed by atoms with Crippen LogP contribution >= 0.6 is 23.2 Å². The molecule has 2 amide bonds. The molecule has 0 fully saturated rings. The SMILES string of the molecule is Cc1cc(C)cc(C(=O)Nc2cccc(NC(=O)c3ccc(Cl)cc3Cl)c2)c1. The number of rotatable bonds is 4. The van der Waals surface area contributed by atoms with E-state index in [1.165, 1.54) is 6.07 Å². The van der Waals surface area contributed by atoms with Gasteiger partial charge in [0.2, 0.25) is 0 Å². The molecule has 0 spiro atoms. The van der Waals surface area contributed by atoms with E-state index < -0.39 is 0 Å². The Balaban J connectivity index is 1.75. The topological polar surface area (TPSA) is 58.2 Å². The van der Waals surface area contributed by atoms with E-state index in [2.05, 4.69) is 10.6 Å². The van der Waals surface area contributed by atoms with E-state index >= 15 is 0 Å². The fourth-order valence-corrected chi connectivity index (χ4v) is 3.35. The summed E-state index contributed by atoms with van der Waals surface area (Å²) in [7, 11) is 0. The van der Waals surface area contributed by atoms with Crippen molar-refractivity contribution in [1.82, 2.24) is 0 Å². The number of carbonyl (C=O) groups is 2. The second-order valence-electron chi connectivity index (χ2n) is 6.49. The molecule has 3 rings (SSSR count). The second kappa shape index (κ2) is 8.46. The maximum atomic E-state index is 12.5. The molecule has 0 aliphatic rings. The van der Waals surface area contributed by atoms with E-state index in [1.54, 1.807) is 36.4 Å². The molecule has 0 bridgehead atoms. The van der Waals surface area contributed by atoms with Gasteiger partial charge in [0.05, 0.1) is 10.6 Å². The highest BCUT2D eigenvalue weighted by Crippen LogP contribution is 2.23. The molecule has 0 aromatic heterocycles. The van der Waals surface area contributed by atoms with E-state index in [0.29, 0.717) is 27.5 Å². The first-order chi connectivity index (χ1) is 13.3. The van der Waals surface area contributed by atoms with Crippen LogP contribution in [0.2, 0.25) is 10.0 Å². The molecule has 3 aromatic carbocycles. The molecule has 0 saturated heterocycles. The number of hydrogen-bond donors (Lipinski definition) is 2. The average molecular weight is 413 g/mol. The molecule has 0 atom stereocenters. The maximum absolute atomic E-state index is 12.5. The van der Waals surface area contributed by atoms with Crippen molar-refractivity contribution in [2.24, 2.45) is 0 Å². The Bertz CT molecular complexity index is 1040. The summed E-state index contributed by atoms with van der Waals surface area (Å²) in [5, 5.41) is 6.35. The molecular formula is C22H18Cl2N2O2. The average Bonchev–Trinajstić information content (AvgIpc) is 2.61. The molecule has 0 heterocycles. The van der Waals surface area contributed by atoms with Crippen molar-refractivity contribution in [3.05, 3.63) is 93.0 Å². The van der Waals surface area contributed by atoms with E-state index in [0.717, 1.165) is 11.1 Å². The van der Waals surface area contributed by atoms with Crippen LogP contribution in [0.15, 0.2) is 60.7 Å². The Labute approximate surface area is 173 Å². The van der Waals surface area contributed by atoms with Crippen LogP contribution in [0.3, 0.4) is 0 Å². The summed E-state index contributed by atoms with van der Waals surface area (Å²) in [5.41, 5.74) is 4.05. The molecular weight excluding hydrogens is 395 g/mol. The number of halogens is 2. The van der Waals surface area contributed by atoms with Gasteiger partial charge in [-0.05, 0) is 62.4 Å². The second-order valence-corrected chi connectivity index (χ2v) is 7.33. The van der Waals surface area contributed by atoms with Gasteiger partial charge < -0.3 is 10.6 Å². The number of hydrogen-bond acceptors (Lipinski definition) is 2. The lowest BCUT2D eigenvalue weighted by Crippen LogP contribution is -2.14. The van der Waals surface area contributed by atoms with Gasteiger partial charge in [0.25, 0.3) is 11.8 Å². The molecule has 6 heteroatoms. The lowest BCUT2D eigenvalue weighted by atomic mass is 10.1. The van der Waals surface area contributed by atoms with Gasteiger partial charge in [0, 0.05) is 22.0 Å². The highest BCUT2D eigenvalue weighted by Gasteiger charge is 2.12. The standard InChI is InChI=1S/C22H18Cl2N2O2/c1-13-8-14(2)10-15(9-13)21(27)25-17-4-3-5-18(12-17)26-22(28)19-7-6-16(23)11-20(19)24/h3-12H,1-2H3,(H,25,27)(H,26,28). The summed E-state index contributed by atoms with van der Waals surface area (Å²) in [6.07, 6.45) is 0. The van der Waals surface area contributed by atoms with Crippen molar-refractivity contribution in [2.75, 3.05) is 10.6 Å². The van der Waals surface area contributed by atoms with Crippen LogP contribution < -0.4 is 10.6 Å². The van der Waals surface area contributed by atoms with Gasteiger partial charge in [0.15, 0.2) is 0 Å². The molecule has 2 N–H and O–H groups in total. The van der Waals surface area contributed by atoms with Gasteiger partial charge in [0.1, 0.15) is 0 Å². The minimum Gasteiger partial charge on any atom is -0.322 e. The summed E-state index contributed by atoms with van der Waals surface area (Å²) in [4.78, 5) is 25.0. The zero-order valence-electron chi connectivity index (χ0n) is 15.3. The summed E-state index contributed by atoms with van der Waals surface area (Å²) in [6.45, 7) is 3.89. The molecule has 3 aromatic rings. The maximum Gasteiger partial charge on any atom is 0.257 e. The normalized spacial score (nSPS) is 10.4. The fraction of sp³-hybridized carbons (Fsp3) is 0.0909. The van der Waals surface area contributed by atoms with Crippen molar-refractivity contribution in [3.8, 4) is 0 Å². The molecule has 4 nitrogen and oxygen atoms in total. The Morgan fingerprint density at radius 3 is 1.96 bits per heavy atom. The lowest BCUT2D eigenvalue weighted by molar-refractivity contribution is 0.101. The van der Waals surface area contributed by atoms with Gasteiger partial charge in [-0.2, -0.15) is 0 Å². The van der Waals surface area contributed by atoms with Crippen molar-refractivity contribution in [1.29, 1.82) is 0 Å². The third kappa shape index (κ3) is 4.91. The Morgan fingerprint density at radius 2 is 1.36 bits per heavy atom. The monoisotopic (exact) mass is 412 g/mol. The molecule has 0 aliphatic heterocycles. The summed E-state index contributed by atoms with van der Waals surface area (Å²) in [5.74, 6) is -0.574. The predicted molar refractivity (Wildman–Crippen MR) is 115 cm³/mol. The van der Waals surface area contributed by atoms with Gasteiger partial charge in [-0.25, -0.2) is 0 Å². The molecule has 0 unspecified atom stereocenters. The van der Waals surface area contributed by atoms with E-state index in [-0.39, 0.29) is 16.8 Å². The van der Waals surface area contributed by atoms with Crippen molar-refractivity contribution >= 4 is 46.4 Å². The van der Waals surface area contributed by atoms with Crippen LogP contribution in [0.4, 0.5) is 11.4 Å². The van der Waals surface area contributed by atoms with Gasteiger partial charge in [-0.15, -0.1) is 0 Å². The number of benzene rings is 3. The third-order valence-corrected chi connectivity index (χ3v) is 4.59. The van der Waals surface area contributed by atoms with Crippen molar-refractivity contribution in [2.45, 2.75) is 13.8 Å². The van der Waals surface area contributed by atoms with Crippen LogP contribution in [-0.4, -0.2) is 11.8 Å². The number of anilines is 2. The zero-order valence-corrected chi connectivity index (χ0v) is 16.9. The summed E-state index contributed by atoms with van der Waals surface area (Å²) >= 11 is 11.9. The van der Waals surface area contributed by atoms with Gasteiger partial charge >= 0.3 is 0 Å². The highest BCUT2D eigenvalue weighted by atomic mass is 35.5. The Hall–Kier alpha value is -2.82. The molecule has 28 heavy (non-hydrogen) atoms. The molecule has 0 radical (unpaired) electrons. The van der Waals surface area contributed by atoms with Gasteiger partial charge in [-0.1, -0.05) is 46.5 Å². The van der Waals surface area contributed by atoms with Crippen LogP contribution in [0.5, 0.6) is 0 Å². The van der Waals surface area contributed by atoms with Crippen molar-refractivity contribution < 1.29 is 9.59 Å². The minimum atomic E-state index is -0.362. The smallest absolute Gasteiger partial charge is 0.257 e. The predicted octanol–water partition coefficient (Wildman–Crippen LogP) is 6.11. The lowest BCUT2D eigenvalue weighted by Gasteiger charge is -2.10. The summed E-state index contributed by atoms with van der Waals surface area (Å²) < 4.78 is 0. The first kappa shape index (κ1) is 19.9. The fourth-order valence-electron chi connectivity index (χ4n) is 2.86. The minimum absolute atomic E-state index is 0.212. The van der Waals surface area contributed by atoms with Gasteiger partial charge in [-0.3, -0.25) is 9.59 Å². The Kier molecular flexibility index (Phi) is 6.02. The van der Waals surface area contributed by atoms with E-state index in [4.69, 9.17) is 23.2 Å². The third-order valence-electron chi connectivity index (χ3n) is 4.04. The highest BCUT2D eigenvalue weighted by molar-refractivity contribution is 6.37. The first-order valence-corrected chi connectivity index (χ1v) is 9.33. The molecule has 0 aliphatic carbocycles. The summed E-state index contributed by atoms with van der Waals surface area (Å²) in [6, 6.07) is 17.3. The van der Waals surface area contributed by atoms with Crippen LogP contribution in [0.25, 0.3) is 0 Å². The largest absolute Gasteiger partial charge is 0.322 e. The number of aryl methyl sites for hydroxylation is 2. The zero-order chi connectivity index (χ0) is 20.3. The van der Waals surface area contributed by atoms with Crippen LogP contribution in [0, 0.1) is 13.8 Å². The quantitative estimate of drug-likeness (QED) is 0.542. The Morgan fingerprint density at radius 1 is 0.750 bits per heavy atom.